The highest BCUT2D eigenvalue weighted by molar-refractivity contribution is 6.23. The minimum atomic E-state index is -2.03. The number of aliphatic hydroxyl groups is 2. The average molecular weight is 794 g/mol. The Balaban J connectivity index is 1.71. The lowest BCUT2D eigenvalue weighted by atomic mass is 9.78. The van der Waals surface area contributed by atoms with Crippen molar-refractivity contribution in [2.45, 2.75) is 98.4 Å². The highest BCUT2D eigenvalue weighted by atomic mass is 16.7. The second-order valence-corrected chi connectivity index (χ2v) is 15.5. The first kappa shape index (κ1) is 43.0. The predicted molar refractivity (Wildman–Crippen MR) is 212 cm³/mol. The van der Waals surface area contributed by atoms with E-state index >= 15 is 0 Å². The number of allylic oxidation sites excluding steroid dienone is 2. The lowest BCUT2D eigenvalue weighted by Gasteiger charge is -2.38. The van der Waals surface area contributed by atoms with Crippen LogP contribution in [0.5, 0.6) is 23.0 Å². The first-order valence-electron chi connectivity index (χ1n) is 19.2. The molecule has 5 bridgehead atoms. The maximum Gasteiger partial charge on any atom is 0.312 e. The van der Waals surface area contributed by atoms with Gasteiger partial charge in [-0.3, -0.25) is 19.4 Å². The molecule has 1 saturated heterocycles. The van der Waals surface area contributed by atoms with Crippen LogP contribution in [-0.4, -0.2) is 105 Å². The summed E-state index contributed by atoms with van der Waals surface area (Å²) in [7, 11) is 1.44. The van der Waals surface area contributed by atoms with E-state index in [4.69, 9.17) is 18.9 Å². The number of nitrogens with one attached hydrogen (secondary N) is 1. The zero-order valence-electron chi connectivity index (χ0n) is 33.9. The molecule has 0 spiro atoms. The number of nitrogens with zero attached hydrogens (tertiary/aromatic N) is 2. The van der Waals surface area contributed by atoms with E-state index in [1.54, 1.807) is 44.9 Å². The van der Waals surface area contributed by atoms with Gasteiger partial charge in [0.15, 0.2) is 5.75 Å². The largest absolute Gasteiger partial charge is 0.507 e. The molecule has 0 saturated carbocycles. The maximum absolute atomic E-state index is 14.4. The molecule has 4 aliphatic heterocycles. The van der Waals surface area contributed by atoms with Crippen LogP contribution in [0, 0.1) is 30.6 Å². The molecule has 57 heavy (non-hydrogen) atoms. The van der Waals surface area contributed by atoms with E-state index in [1.165, 1.54) is 59.4 Å². The monoisotopic (exact) mass is 793 g/mol. The molecule has 0 radical (unpaired) electrons. The van der Waals surface area contributed by atoms with Crippen LogP contribution in [0.1, 0.15) is 82.8 Å². The van der Waals surface area contributed by atoms with Crippen molar-refractivity contribution in [3.63, 3.8) is 0 Å². The molecule has 9 atom stereocenters. The minimum Gasteiger partial charge on any atom is -0.507 e. The molecule has 15 heteroatoms. The van der Waals surface area contributed by atoms with Gasteiger partial charge < -0.3 is 49.8 Å². The standard InChI is InChI=1S/C42H55N3O12/c1-20-13-12-14-21(2)41(53)44-32-27(19-43-45-16-10-11-17-45)36(50)29-30(37(32)51)35(49)25(6)39-31(29)40(52)42(8,57-39)55-18-15-28(54-9)22(3)38(56-26(7)46)24(5)34(48)23(4)33(20)47/h12-15,18-20,22-24,28,33-34,38,47-51H,10-11,16-17H2,1-9H3,(H,44,53)/b13-12+,18-15+,21-14-,43-19?/t20-,22+,23+,24+,28-,33-,34+,38+,42-/m0/s1. The zero-order valence-corrected chi connectivity index (χ0v) is 33.9. The molecule has 310 valence electrons. The van der Waals surface area contributed by atoms with Crippen molar-refractivity contribution in [1.82, 2.24) is 5.01 Å². The molecule has 6 N–H and O–H groups in total. The van der Waals surface area contributed by atoms with Gasteiger partial charge in [0.2, 0.25) is 0 Å². The van der Waals surface area contributed by atoms with Gasteiger partial charge in [-0.05, 0) is 32.8 Å². The van der Waals surface area contributed by atoms with E-state index in [-0.39, 0.29) is 44.5 Å². The molecule has 1 fully saturated rings. The number of anilines is 1. The van der Waals surface area contributed by atoms with Crippen LogP contribution in [-0.2, 0) is 23.8 Å². The zero-order chi connectivity index (χ0) is 42.1. The Morgan fingerprint density at radius 2 is 1.63 bits per heavy atom. The van der Waals surface area contributed by atoms with Crippen molar-refractivity contribution in [3.8, 4) is 23.0 Å². The second kappa shape index (κ2) is 17.2. The summed E-state index contributed by atoms with van der Waals surface area (Å²) in [6.07, 6.45) is 6.68. The Morgan fingerprint density at radius 3 is 2.26 bits per heavy atom. The third kappa shape index (κ3) is 8.32. The summed E-state index contributed by atoms with van der Waals surface area (Å²) in [4.78, 5) is 40.3. The SMILES string of the molecule is CO[C@H]1/C=C/O[C@@]2(C)Oc3c(C)c(O)c4c(O)c(c(C=NN5CCCC5)c(O)c4c3C2=O)NC(=O)/C(C)=C\C=C\[C@H](C)[C@H](O)[C@@H](C)[C@@H](O)[C@@H](C)[C@H](OC(C)=O)[C@@H]1C. The van der Waals surface area contributed by atoms with E-state index in [2.05, 4.69) is 10.4 Å². The predicted octanol–water partition coefficient (Wildman–Crippen LogP) is 5.18. The molecule has 2 aromatic rings. The third-order valence-corrected chi connectivity index (χ3v) is 11.5. The fourth-order valence-corrected chi connectivity index (χ4v) is 7.83. The third-order valence-electron chi connectivity index (χ3n) is 11.5. The number of ether oxygens (including phenoxy) is 4. The molecule has 4 heterocycles. The molecular formula is C42H55N3O12. The molecule has 0 aromatic heterocycles. The number of methoxy groups -OCH3 is 1. The quantitative estimate of drug-likeness (QED) is 0.102. The molecule has 6 rings (SSSR count). The van der Waals surface area contributed by atoms with Gasteiger partial charge in [0.25, 0.3) is 11.7 Å². The van der Waals surface area contributed by atoms with Crippen molar-refractivity contribution >= 4 is 40.3 Å². The summed E-state index contributed by atoms with van der Waals surface area (Å²) >= 11 is 0. The van der Waals surface area contributed by atoms with Crippen molar-refractivity contribution < 1.29 is 58.9 Å². The number of esters is 1. The topological polar surface area (TPSA) is 217 Å². The number of fused-ring (bicyclic) bond motifs is 14. The molecule has 2 aromatic carbocycles. The number of hydrogen-bond donors (Lipinski definition) is 6. The number of hydrazone groups is 1. The maximum atomic E-state index is 14.4. The van der Waals surface area contributed by atoms with Gasteiger partial charge in [-0.1, -0.05) is 45.9 Å². The number of carbonyl (C=O) groups excluding carboxylic acids is 3. The Morgan fingerprint density at radius 1 is 0.965 bits per heavy atom. The summed E-state index contributed by atoms with van der Waals surface area (Å²) < 4.78 is 23.5. The van der Waals surface area contributed by atoms with Crippen LogP contribution in [0.2, 0.25) is 0 Å². The van der Waals surface area contributed by atoms with Crippen LogP contribution in [0.15, 0.2) is 41.2 Å². The number of rotatable bonds is 4. The minimum absolute atomic E-state index is 0.0602. The second-order valence-electron chi connectivity index (χ2n) is 15.5. The number of ketones is 1. The number of benzene rings is 2. The number of aliphatic hydroxyl groups excluding tert-OH is 2. The average Bonchev–Trinajstić information content (AvgIpc) is 3.79. The molecular weight excluding hydrogens is 738 g/mol. The summed E-state index contributed by atoms with van der Waals surface area (Å²) in [5, 5.41) is 66.5. The molecule has 0 aliphatic carbocycles. The number of aromatic hydroxyl groups is 3. The highest BCUT2D eigenvalue weighted by Crippen LogP contribution is 2.55. The van der Waals surface area contributed by atoms with Crippen molar-refractivity contribution in [3.05, 3.63) is 52.8 Å². The van der Waals surface area contributed by atoms with Crippen LogP contribution in [0.4, 0.5) is 5.69 Å². The first-order chi connectivity index (χ1) is 26.8. The molecule has 0 unspecified atom stereocenters. The normalized spacial score (nSPS) is 32.2. The Bertz CT molecular complexity index is 2020. The lowest BCUT2D eigenvalue weighted by molar-refractivity contribution is -0.160. The van der Waals surface area contributed by atoms with E-state index < -0.39 is 88.8 Å². The fraction of sp³-hybridized carbons (Fsp3) is 0.524. The molecule has 15 nitrogen and oxygen atoms in total. The highest BCUT2D eigenvalue weighted by Gasteiger charge is 2.50. The molecule has 1 amide bonds. The Labute approximate surface area is 332 Å². The van der Waals surface area contributed by atoms with Gasteiger partial charge in [0.05, 0.1) is 53.0 Å². The van der Waals surface area contributed by atoms with E-state index in [1.807, 2.05) is 0 Å². The van der Waals surface area contributed by atoms with Gasteiger partial charge in [-0.2, -0.15) is 5.10 Å². The number of amides is 1. The van der Waals surface area contributed by atoms with Crippen molar-refractivity contribution in [2.24, 2.45) is 28.8 Å². The van der Waals surface area contributed by atoms with Crippen molar-refractivity contribution in [1.29, 1.82) is 0 Å². The lowest BCUT2D eigenvalue weighted by Crippen LogP contribution is -2.46. The van der Waals surface area contributed by atoms with Crippen molar-refractivity contribution in [2.75, 3.05) is 25.5 Å². The summed E-state index contributed by atoms with van der Waals surface area (Å²) in [5.74, 6) is -8.28. The Kier molecular flexibility index (Phi) is 13.0. The van der Waals surface area contributed by atoms with E-state index in [0.717, 1.165) is 12.8 Å². The smallest absolute Gasteiger partial charge is 0.312 e. The summed E-state index contributed by atoms with van der Waals surface area (Å²) in [6.45, 7) is 13.8. The van der Waals surface area contributed by atoms with Crippen LogP contribution >= 0.6 is 0 Å². The fourth-order valence-electron chi connectivity index (χ4n) is 7.83. The van der Waals surface area contributed by atoms with Gasteiger partial charge in [-0.15, -0.1) is 0 Å². The number of hydrogen-bond acceptors (Lipinski definition) is 14. The van der Waals surface area contributed by atoms with Gasteiger partial charge in [0.1, 0.15) is 23.4 Å². The number of phenolic OH excluding ortho intramolecular Hbond substituents is 3. The van der Waals surface area contributed by atoms with Crippen LogP contribution in [0.25, 0.3) is 10.8 Å². The number of Topliss-reactive ketones (excluding diaryl/α,β-unsaturated/α-hetero) is 1. The van der Waals surface area contributed by atoms with E-state index in [0.29, 0.717) is 13.1 Å². The van der Waals surface area contributed by atoms with E-state index in [9.17, 15) is 39.9 Å². The number of phenols is 3. The van der Waals surface area contributed by atoms with Crippen LogP contribution in [0.3, 0.4) is 0 Å². The number of carbonyl (C=O) groups is 3. The van der Waals surface area contributed by atoms with Gasteiger partial charge in [-0.25, -0.2) is 0 Å². The molecule has 4 aliphatic rings. The van der Waals surface area contributed by atoms with Gasteiger partial charge in [0, 0.05) is 74.2 Å². The van der Waals surface area contributed by atoms with Gasteiger partial charge >= 0.3 is 11.8 Å². The summed E-state index contributed by atoms with van der Waals surface area (Å²) in [5.41, 5.74) is -0.313. The first-order valence-corrected chi connectivity index (χ1v) is 19.2. The summed E-state index contributed by atoms with van der Waals surface area (Å²) in [6, 6.07) is 0. The Hall–Kier alpha value is -5.12. The van der Waals surface area contributed by atoms with Crippen LogP contribution < -0.4 is 10.1 Å².